The first-order chi connectivity index (χ1) is 10.4. The Morgan fingerprint density at radius 1 is 1.14 bits per heavy atom. The number of aromatic nitrogens is 1. The van der Waals surface area contributed by atoms with Crippen molar-refractivity contribution in [2.75, 3.05) is 6.61 Å². The summed E-state index contributed by atoms with van der Waals surface area (Å²) in [5.74, 6) is -3.45. The zero-order valence-electron chi connectivity index (χ0n) is 11.5. The van der Waals surface area contributed by atoms with Crippen LogP contribution in [0.2, 0.25) is 0 Å². The van der Waals surface area contributed by atoms with Gasteiger partial charge in [0.2, 0.25) is 5.88 Å². The molecular formula is C14H14N2O6. The number of aliphatic carboxylic acids is 2. The molecule has 1 amide bonds. The molecule has 0 radical (unpaired) electrons. The van der Waals surface area contributed by atoms with E-state index in [1.165, 1.54) is 0 Å². The molecular weight excluding hydrogens is 292 g/mol. The van der Waals surface area contributed by atoms with E-state index in [9.17, 15) is 4.79 Å². The van der Waals surface area contributed by atoms with Gasteiger partial charge in [-0.2, -0.15) is 0 Å². The lowest BCUT2D eigenvalue weighted by Gasteiger charge is -2.17. The molecule has 0 aliphatic carbocycles. The molecule has 8 nitrogen and oxygen atoms in total. The van der Waals surface area contributed by atoms with Crippen LogP contribution in [0.5, 0.6) is 5.88 Å². The van der Waals surface area contributed by atoms with Gasteiger partial charge >= 0.3 is 11.9 Å². The SMILES string of the molecule is NC(=O)c1c2n(c3ccccc13)CCCO2.O=C(O)C(=O)O. The van der Waals surface area contributed by atoms with Crippen LogP contribution in [0.25, 0.3) is 10.9 Å². The van der Waals surface area contributed by atoms with Crippen LogP contribution in [0, 0.1) is 0 Å². The normalized spacial score (nSPS) is 12.5. The second-order valence-corrected chi connectivity index (χ2v) is 4.53. The fraction of sp³-hybridized carbons (Fsp3) is 0.214. The van der Waals surface area contributed by atoms with Gasteiger partial charge in [0.1, 0.15) is 5.56 Å². The molecule has 0 saturated carbocycles. The van der Waals surface area contributed by atoms with E-state index in [0.29, 0.717) is 18.1 Å². The van der Waals surface area contributed by atoms with E-state index in [0.717, 1.165) is 23.9 Å². The lowest BCUT2D eigenvalue weighted by molar-refractivity contribution is -0.159. The molecule has 1 aromatic heterocycles. The summed E-state index contributed by atoms with van der Waals surface area (Å²) in [5.41, 5.74) is 6.95. The number of aryl methyl sites for hydroxylation is 1. The highest BCUT2D eigenvalue weighted by atomic mass is 16.5. The average Bonchev–Trinajstić information content (AvgIpc) is 2.82. The maximum atomic E-state index is 11.5. The van der Waals surface area contributed by atoms with Crippen molar-refractivity contribution in [3.8, 4) is 5.88 Å². The summed E-state index contributed by atoms with van der Waals surface area (Å²) >= 11 is 0. The van der Waals surface area contributed by atoms with E-state index in [-0.39, 0.29) is 0 Å². The number of carboxylic acid groups (broad SMARTS) is 2. The summed E-state index contributed by atoms with van der Waals surface area (Å²) < 4.78 is 7.59. The van der Waals surface area contributed by atoms with E-state index >= 15 is 0 Å². The minimum atomic E-state index is -1.82. The highest BCUT2D eigenvalue weighted by molar-refractivity contribution is 6.27. The number of nitrogens with zero attached hydrogens (tertiary/aromatic N) is 1. The largest absolute Gasteiger partial charge is 0.478 e. The molecule has 22 heavy (non-hydrogen) atoms. The Bertz CT molecular complexity index is 737. The van der Waals surface area contributed by atoms with Gasteiger partial charge in [-0.15, -0.1) is 0 Å². The van der Waals surface area contributed by atoms with Crippen LogP contribution >= 0.6 is 0 Å². The molecule has 0 atom stereocenters. The predicted molar refractivity (Wildman–Crippen MR) is 75.8 cm³/mol. The molecule has 1 aromatic carbocycles. The number of carboxylic acids is 2. The Labute approximate surface area is 124 Å². The van der Waals surface area contributed by atoms with Crippen LogP contribution in [0.4, 0.5) is 0 Å². The van der Waals surface area contributed by atoms with Gasteiger partial charge in [-0.1, -0.05) is 18.2 Å². The maximum absolute atomic E-state index is 11.5. The number of nitrogens with two attached hydrogens (primary N) is 1. The summed E-state index contributed by atoms with van der Waals surface area (Å²) in [6.07, 6.45) is 0.962. The minimum Gasteiger partial charge on any atom is -0.478 e. The van der Waals surface area contributed by atoms with Crippen LogP contribution in [-0.4, -0.2) is 39.2 Å². The van der Waals surface area contributed by atoms with E-state index in [2.05, 4.69) is 0 Å². The predicted octanol–water partition coefficient (Wildman–Crippen LogP) is 0.678. The van der Waals surface area contributed by atoms with Crippen LogP contribution in [-0.2, 0) is 16.1 Å². The Hall–Kier alpha value is -3.03. The number of para-hydroxylation sites is 1. The first-order valence-corrected chi connectivity index (χ1v) is 6.43. The van der Waals surface area contributed by atoms with Gasteiger partial charge in [-0.3, -0.25) is 4.79 Å². The summed E-state index contributed by atoms with van der Waals surface area (Å²) in [7, 11) is 0. The van der Waals surface area contributed by atoms with Crippen molar-refractivity contribution >= 4 is 28.7 Å². The van der Waals surface area contributed by atoms with Crippen LogP contribution in [0.1, 0.15) is 16.8 Å². The van der Waals surface area contributed by atoms with Crippen molar-refractivity contribution in [1.29, 1.82) is 0 Å². The van der Waals surface area contributed by atoms with Crippen LogP contribution < -0.4 is 10.5 Å². The third-order valence-electron chi connectivity index (χ3n) is 3.12. The quantitative estimate of drug-likeness (QED) is 0.664. The van der Waals surface area contributed by atoms with Gasteiger partial charge in [0.25, 0.3) is 5.91 Å². The van der Waals surface area contributed by atoms with Crippen molar-refractivity contribution in [1.82, 2.24) is 4.57 Å². The third-order valence-corrected chi connectivity index (χ3v) is 3.12. The highest BCUT2D eigenvalue weighted by Crippen LogP contribution is 2.33. The Morgan fingerprint density at radius 2 is 1.77 bits per heavy atom. The lowest BCUT2D eigenvalue weighted by Crippen LogP contribution is -2.18. The molecule has 0 bridgehead atoms. The molecule has 1 aliphatic rings. The van der Waals surface area contributed by atoms with Gasteiger partial charge < -0.3 is 25.3 Å². The molecule has 0 unspecified atom stereocenters. The summed E-state index contributed by atoms with van der Waals surface area (Å²) in [6, 6.07) is 7.75. The lowest BCUT2D eigenvalue weighted by atomic mass is 10.1. The Balaban J connectivity index is 0.000000254. The zero-order valence-corrected chi connectivity index (χ0v) is 11.5. The molecule has 0 saturated heterocycles. The molecule has 1 aliphatic heterocycles. The Morgan fingerprint density at radius 3 is 2.36 bits per heavy atom. The Kier molecular flexibility index (Phi) is 4.31. The number of primary amides is 1. The van der Waals surface area contributed by atoms with E-state index in [1.807, 2.05) is 28.8 Å². The van der Waals surface area contributed by atoms with Crippen molar-refractivity contribution in [3.05, 3.63) is 29.8 Å². The zero-order chi connectivity index (χ0) is 16.3. The molecule has 2 heterocycles. The van der Waals surface area contributed by atoms with Gasteiger partial charge in [0.05, 0.1) is 12.1 Å². The molecule has 2 aromatic rings. The topological polar surface area (TPSA) is 132 Å². The fourth-order valence-electron chi connectivity index (χ4n) is 2.28. The molecule has 8 heteroatoms. The number of amides is 1. The standard InChI is InChI=1S/C12H12N2O2.C2H2O4/c13-11(15)10-8-4-1-2-5-9(8)14-6-3-7-16-12(10)14;3-1(4)2(5)6/h1-2,4-5H,3,6-7H2,(H2,13,15);(H,3,4)(H,5,6). The average molecular weight is 306 g/mol. The molecule has 0 fully saturated rings. The second kappa shape index (κ2) is 6.17. The van der Waals surface area contributed by atoms with Crippen molar-refractivity contribution in [3.63, 3.8) is 0 Å². The number of ether oxygens (including phenoxy) is 1. The second-order valence-electron chi connectivity index (χ2n) is 4.53. The summed E-state index contributed by atoms with van der Waals surface area (Å²) in [4.78, 5) is 29.7. The first-order valence-electron chi connectivity index (χ1n) is 6.43. The van der Waals surface area contributed by atoms with Gasteiger partial charge in [-0.05, 0) is 12.5 Å². The number of hydrogen-bond acceptors (Lipinski definition) is 4. The molecule has 0 spiro atoms. The van der Waals surface area contributed by atoms with Crippen LogP contribution in [0.15, 0.2) is 24.3 Å². The molecule has 116 valence electrons. The van der Waals surface area contributed by atoms with Gasteiger partial charge in [0.15, 0.2) is 0 Å². The fourth-order valence-corrected chi connectivity index (χ4v) is 2.28. The number of hydrogen-bond donors (Lipinski definition) is 3. The minimum absolute atomic E-state index is 0.424. The number of carbonyl (C=O) groups excluding carboxylic acids is 1. The first kappa shape index (κ1) is 15.4. The van der Waals surface area contributed by atoms with E-state index in [1.54, 1.807) is 0 Å². The van der Waals surface area contributed by atoms with Crippen molar-refractivity contribution in [2.45, 2.75) is 13.0 Å². The summed E-state index contributed by atoms with van der Waals surface area (Å²) in [5, 5.41) is 15.7. The summed E-state index contributed by atoms with van der Waals surface area (Å²) in [6.45, 7) is 1.53. The van der Waals surface area contributed by atoms with Crippen molar-refractivity contribution < 1.29 is 29.3 Å². The number of rotatable bonds is 1. The maximum Gasteiger partial charge on any atom is 0.414 e. The van der Waals surface area contributed by atoms with E-state index in [4.69, 9.17) is 30.3 Å². The number of carbonyl (C=O) groups is 3. The third kappa shape index (κ3) is 2.85. The number of fused-ring (bicyclic) bond motifs is 3. The number of benzene rings is 1. The van der Waals surface area contributed by atoms with Gasteiger partial charge in [-0.25, -0.2) is 9.59 Å². The van der Waals surface area contributed by atoms with E-state index < -0.39 is 17.8 Å². The molecule has 3 rings (SSSR count). The monoisotopic (exact) mass is 306 g/mol. The van der Waals surface area contributed by atoms with Crippen LogP contribution in [0.3, 0.4) is 0 Å². The van der Waals surface area contributed by atoms with Gasteiger partial charge in [0, 0.05) is 11.9 Å². The molecule has 4 N–H and O–H groups in total. The van der Waals surface area contributed by atoms with Crippen molar-refractivity contribution in [2.24, 2.45) is 5.73 Å². The smallest absolute Gasteiger partial charge is 0.414 e. The highest BCUT2D eigenvalue weighted by Gasteiger charge is 2.23.